The molecule has 0 amide bonds. The van der Waals surface area contributed by atoms with Crippen LogP contribution in [0.2, 0.25) is 0 Å². The highest BCUT2D eigenvalue weighted by Crippen LogP contribution is 2.19. The summed E-state index contributed by atoms with van der Waals surface area (Å²) < 4.78 is 1.06. The van der Waals surface area contributed by atoms with Gasteiger partial charge in [0, 0.05) is 27.1 Å². The topological polar surface area (TPSA) is 17.1 Å². The Hall–Kier alpha value is -1.59. The third-order valence-corrected chi connectivity index (χ3v) is 3.12. The van der Waals surface area contributed by atoms with Gasteiger partial charge in [-0.05, 0) is 26.8 Å². The summed E-state index contributed by atoms with van der Waals surface area (Å²) in [5.41, 5.74) is 0.781. The lowest BCUT2D eigenvalue weighted by Crippen LogP contribution is -2.00. The zero-order valence-corrected chi connectivity index (χ0v) is 11.0. The lowest BCUT2D eigenvalue weighted by molar-refractivity contribution is 0.571. The molecule has 2 rings (SSSR count). The van der Waals surface area contributed by atoms with E-state index in [2.05, 4.69) is 32.6 Å². The molecule has 1 heterocycles. The minimum absolute atomic E-state index is 0.0522. The number of fused-ring (bicyclic) bond motifs is 1. The predicted molar refractivity (Wildman–Crippen MR) is 74.4 cm³/mol. The average Bonchev–Trinajstić information content (AvgIpc) is 2.24. The molecule has 0 N–H and O–H groups in total. The second-order valence-electron chi connectivity index (χ2n) is 4.98. The van der Waals surface area contributed by atoms with E-state index in [0.29, 0.717) is 0 Å². The van der Waals surface area contributed by atoms with E-state index in [-0.39, 0.29) is 10.2 Å². The second-order valence-corrected chi connectivity index (χ2v) is 6.02. The molecule has 0 saturated heterocycles. The van der Waals surface area contributed by atoms with Gasteiger partial charge in [0.05, 0.1) is 0 Å². The van der Waals surface area contributed by atoms with Gasteiger partial charge in [0.15, 0.2) is 0 Å². The van der Waals surface area contributed by atoms with Crippen molar-refractivity contribution < 1.29 is 0 Å². The van der Waals surface area contributed by atoms with Gasteiger partial charge in [-0.3, -0.25) is 4.79 Å². The van der Waals surface area contributed by atoms with E-state index in [1.54, 1.807) is 6.07 Å². The van der Waals surface area contributed by atoms with Crippen LogP contribution in [-0.4, -0.2) is 0 Å². The third-order valence-electron chi connectivity index (χ3n) is 2.22. The molecular formula is C15H14OS. The van der Waals surface area contributed by atoms with E-state index >= 15 is 0 Å². The molecule has 2 aromatic rings. The maximum atomic E-state index is 11.6. The average molecular weight is 242 g/mol. The van der Waals surface area contributed by atoms with Crippen LogP contribution in [0.4, 0.5) is 0 Å². The van der Waals surface area contributed by atoms with Gasteiger partial charge in [-0.25, -0.2) is 0 Å². The van der Waals surface area contributed by atoms with Crippen LogP contribution in [0.3, 0.4) is 0 Å². The van der Waals surface area contributed by atoms with Crippen LogP contribution in [0, 0.1) is 17.3 Å². The molecule has 17 heavy (non-hydrogen) atoms. The van der Waals surface area contributed by atoms with Crippen LogP contribution in [0.5, 0.6) is 0 Å². The normalized spacial score (nSPS) is 11.0. The zero-order valence-electron chi connectivity index (χ0n) is 10.2. The van der Waals surface area contributed by atoms with Crippen LogP contribution in [0.1, 0.15) is 26.3 Å². The maximum absolute atomic E-state index is 11.6. The van der Waals surface area contributed by atoms with Gasteiger partial charge in [-0.2, -0.15) is 0 Å². The molecule has 86 valence electrons. The van der Waals surface area contributed by atoms with E-state index < -0.39 is 0 Å². The number of hydrogen-bond donors (Lipinski definition) is 0. The molecule has 0 aliphatic carbocycles. The van der Waals surface area contributed by atoms with Gasteiger partial charge in [-0.1, -0.05) is 41.4 Å². The Balaban J connectivity index is 2.68. The highest BCUT2D eigenvalue weighted by molar-refractivity contribution is 7.16. The smallest absolute Gasteiger partial charge is 0.234 e. The minimum Gasteiger partial charge on any atom is -0.278 e. The van der Waals surface area contributed by atoms with Crippen LogP contribution in [0.15, 0.2) is 35.1 Å². The monoisotopic (exact) mass is 242 g/mol. The Morgan fingerprint density at radius 2 is 1.88 bits per heavy atom. The van der Waals surface area contributed by atoms with Crippen molar-refractivity contribution >= 4 is 21.4 Å². The van der Waals surface area contributed by atoms with Crippen molar-refractivity contribution in [3.63, 3.8) is 0 Å². The molecule has 1 nitrogen and oxygen atoms in total. The van der Waals surface area contributed by atoms with Gasteiger partial charge in [0.1, 0.15) is 0 Å². The standard InChI is InChI=1S/C15H14OS/c1-15(2,3)9-8-11-10-14(16)17-13-7-5-4-6-12(11)13/h4-7,10H,1-3H3. The first-order chi connectivity index (χ1) is 7.96. The van der Waals surface area contributed by atoms with Gasteiger partial charge >= 0.3 is 0 Å². The Kier molecular flexibility index (Phi) is 3.04. The highest BCUT2D eigenvalue weighted by atomic mass is 32.1. The Labute approximate surface area is 105 Å². The second kappa shape index (κ2) is 4.35. The highest BCUT2D eigenvalue weighted by Gasteiger charge is 2.05. The van der Waals surface area contributed by atoms with E-state index in [1.165, 1.54) is 11.3 Å². The van der Waals surface area contributed by atoms with Crippen molar-refractivity contribution in [3.8, 4) is 11.8 Å². The summed E-state index contributed by atoms with van der Waals surface area (Å²) in [6.45, 7) is 6.18. The molecule has 0 fully saturated rings. The van der Waals surface area contributed by atoms with Crippen molar-refractivity contribution in [2.45, 2.75) is 20.8 Å². The van der Waals surface area contributed by atoms with Crippen LogP contribution in [0.25, 0.3) is 10.1 Å². The SMILES string of the molecule is CC(C)(C)C#Cc1cc(=O)sc2ccccc12. The molecule has 0 spiro atoms. The molecule has 0 radical (unpaired) electrons. The fourth-order valence-corrected chi connectivity index (χ4v) is 2.30. The molecule has 2 heteroatoms. The van der Waals surface area contributed by atoms with Gasteiger partial charge in [0.2, 0.25) is 4.74 Å². The maximum Gasteiger partial charge on any atom is 0.234 e. The summed E-state index contributed by atoms with van der Waals surface area (Å²) in [5.74, 6) is 6.30. The van der Waals surface area contributed by atoms with Gasteiger partial charge in [-0.15, -0.1) is 0 Å². The van der Waals surface area contributed by atoms with Crippen molar-refractivity contribution in [2.75, 3.05) is 0 Å². The van der Waals surface area contributed by atoms with Crippen LogP contribution >= 0.6 is 11.3 Å². The summed E-state index contributed by atoms with van der Waals surface area (Å²) >= 11 is 1.27. The molecule has 1 aromatic carbocycles. The molecule has 0 saturated carbocycles. The number of benzene rings is 1. The summed E-state index contributed by atoms with van der Waals surface area (Å²) in [6.07, 6.45) is 0. The number of rotatable bonds is 0. The molecule has 0 bridgehead atoms. The van der Waals surface area contributed by atoms with Crippen LogP contribution < -0.4 is 4.74 Å². The molecular weight excluding hydrogens is 228 g/mol. The van der Waals surface area contributed by atoms with Crippen molar-refractivity contribution in [2.24, 2.45) is 5.41 Å². The van der Waals surface area contributed by atoms with E-state index in [1.807, 2.05) is 24.3 Å². The van der Waals surface area contributed by atoms with Crippen molar-refractivity contribution in [1.82, 2.24) is 0 Å². The summed E-state index contributed by atoms with van der Waals surface area (Å²) in [7, 11) is 0. The minimum atomic E-state index is -0.0522. The zero-order chi connectivity index (χ0) is 12.5. The predicted octanol–water partition coefficient (Wildman–Crippen LogP) is 3.66. The van der Waals surface area contributed by atoms with Crippen molar-refractivity contribution in [3.05, 3.63) is 45.4 Å². The lowest BCUT2D eigenvalue weighted by atomic mass is 9.97. The molecule has 1 aromatic heterocycles. The van der Waals surface area contributed by atoms with Crippen molar-refractivity contribution in [1.29, 1.82) is 0 Å². The molecule has 0 aliphatic rings. The first kappa shape index (κ1) is 11.9. The fraction of sp³-hybridized carbons (Fsp3) is 0.267. The summed E-state index contributed by atoms with van der Waals surface area (Å²) in [4.78, 5) is 11.6. The van der Waals surface area contributed by atoms with E-state index in [4.69, 9.17) is 0 Å². The third kappa shape index (κ3) is 2.95. The Bertz CT molecular complexity index is 663. The first-order valence-corrected chi connectivity index (χ1v) is 6.33. The summed E-state index contributed by atoms with van der Waals surface area (Å²) in [5, 5.41) is 1.06. The largest absolute Gasteiger partial charge is 0.278 e. The Morgan fingerprint density at radius 1 is 1.18 bits per heavy atom. The first-order valence-electron chi connectivity index (χ1n) is 5.52. The fourth-order valence-electron chi connectivity index (χ4n) is 1.47. The van der Waals surface area contributed by atoms with E-state index in [0.717, 1.165) is 15.6 Å². The number of hydrogen-bond acceptors (Lipinski definition) is 2. The van der Waals surface area contributed by atoms with Gasteiger partial charge < -0.3 is 0 Å². The molecule has 0 aliphatic heterocycles. The molecule has 0 unspecified atom stereocenters. The Morgan fingerprint density at radius 3 is 2.59 bits per heavy atom. The van der Waals surface area contributed by atoms with Crippen LogP contribution in [-0.2, 0) is 0 Å². The quantitative estimate of drug-likeness (QED) is 0.644. The summed E-state index contributed by atoms with van der Waals surface area (Å²) in [6, 6.07) is 9.52. The lowest BCUT2D eigenvalue weighted by Gasteiger charge is -2.07. The van der Waals surface area contributed by atoms with E-state index in [9.17, 15) is 4.79 Å². The molecule has 0 atom stereocenters. The van der Waals surface area contributed by atoms with Gasteiger partial charge in [0.25, 0.3) is 0 Å².